The molecule has 4 nitrogen and oxygen atoms in total. The molecule has 0 spiro atoms. The zero-order valence-electron chi connectivity index (χ0n) is 10.7. The van der Waals surface area contributed by atoms with E-state index in [9.17, 15) is 0 Å². The van der Waals surface area contributed by atoms with E-state index in [-0.39, 0.29) is 6.04 Å². The number of rotatable bonds is 4. The maximum absolute atomic E-state index is 8.76. The van der Waals surface area contributed by atoms with E-state index in [1.165, 1.54) is 0 Å². The summed E-state index contributed by atoms with van der Waals surface area (Å²) in [5.41, 5.74) is 8.17. The lowest BCUT2D eigenvalue weighted by atomic mass is 10.1. The van der Waals surface area contributed by atoms with Gasteiger partial charge < -0.3 is 10.5 Å². The quantitative estimate of drug-likeness (QED) is 0.908. The van der Waals surface area contributed by atoms with Crippen molar-refractivity contribution < 1.29 is 4.74 Å². The number of hydrogen-bond donors (Lipinski definition) is 1. The van der Waals surface area contributed by atoms with Gasteiger partial charge in [-0.1, -0.05) is 12.1 Å². The molecule has 1 atom stereocenters. The second kappa shape index (κ2) is 5.98. The topological polar surface area (TPSA) is 71.9 Å². The Morgan fingerprint density at radius 2 is 2.05 bits per heavy atom. The maximum atomic E-state index is 8.76. The fourth-order valence-corrected chi connectivity index (χ4v) is 1.66. The minimum Gasteiger partial charge on any atom is -0.489 e. The first kappa shape index (κ1) is 13.1. The van der Waals surface area contributed by atoms with E-state index in [2.05, 4.69) is 4.98 Å². The lowest BCUT2D eigenvalue weighted by Crippen LogP contribution is -2.04. The van der Waals surface area contributed by atoms with Crippen LogP contribution in [-0.4, -0.2) is 4.98 Å². The molecule has 0 fully saturated rings. The minimum atomic E-state index is 0.0208. The molecule has 2 rings (SSSR count). The zero-order valence-corrected chi connectivity index (χ0v) is 10.7. The summed E-state index contributed by atoms with van der Waals surface area (Å²) in [6, 6.07) is 13.3. The van der Waals surface area contributed by atoms with Crippen LogP contribution in [0, 0.1) is 11.3 Å². The summed E-state index contributed by atoms with van der Waals surface area (Å²) < 4.78 is 5.65. The summed E-state index contributed by atoms with van der Waals surface area (Å²) >= 11 is 0. The van der Waals surface area contributed by atoms with Gasteiger partial charge >= 0.3 is 0 Å². The van der Waals surface area contributed by atoms with Gasteiger partial charge in [0.15, 0.2) is 0 Å². The summed E-state index contributed by atoms with van der Waals surface area (Å²) in [6.45, 7) is 2.35. The molecule has 4 heteroatoms. The Morgan fingerprint density at radius 1 is 1.32 bits per heavy atom. The van der Waals surface area contributed by atoms with Gasteiger partial charge in [0, 0.05) is 12.2 Å². The van der Waals surface area contributed by atoms with Gasteiger partial charge in [-0.2, -0.15) is 5.26 Å². The molecule has 0 aliphatic carbocycles. The van der Waals surface area contributed by atoms with Crippen LogP contribution in [0.5, 0.6) is 5.75 Å². The lowest BCUT2D eigenvalue weighted by Gasteiger charge is -2.09. The number of ether oxygens (including phenoxy) is 1. The van der Waals surface area contributed by atoms with E-state index in [0.29, 0.717) is 12.3 Å². The molecule has 2 N–H and O–H groups in total. The Hall–Kier alpha value is -2.38. The van der Waals surface area contributed by atoms with Gasteiger partial charge in [0.1, 0.15) is 24.1 Å². The summed E-state index contributed by atoms with van der Waals surface area (Å²) in [7, 11) is 0. The molecule has 0 aliphatic rings. The number of pyridine rings is 1. The Morgan fingerprint density at radius 3 is 2.68 bits per heavy atom. The molecule has 0 aliphatic heterocycles. The summed E-state index contributed by atoms with van der Waals surface area (Å²) in [4.78, 5) is 3.91. The predicted molar refractivity (Wildman–Crippen MR) is 72.3 cm³/mol. The predicted octanol–water partition coefficient (Wildman–Crippen LogP) is 2.55. The Bertz CT molecular complexity index is 585. The van der Waals surface area contributed by atoms with Gasteiger partial charge in [0.05, 0.1) is 0 Å². The number of nitrogens with zero attached hydrogens (tertiary/aromatic N) is 2. The summed E-state index contributed by atoms with van der Waals surface area (Å²) in [5, 5.41) is 8.76. The van der Waals surface area contributed by atoms with Gasteiger partial charge in [-0.3, -0.25) is 0 Å². The van der Waals surface area contributed by atoms with Crippen LogP contribution in [0.3, 0.4) is 0 Å². The molecule has 1 aromatic heterocycles. The second-order valence-electron chi connectivity index (χ2n) is 4.31. The van der Waals surface area contributed by atoms with Crippen LogP contribution >= 0.6 is 0 Å². The van der Waals surface area contributed by atoms with Crippen molar-refractivity contribution in [1.82, 2.24) is 4.98 Å². The lowest BCUT2D eigenvalue weighted by molar-refractivity contribution is 0.306. The standard InChI is InChI=1S/C15H15N3O/c1-11(17)13-2-4-15(5-3-13)19-10-12-6-7-18-14(8-12)9-16/h2-8,11H,10,17H2,1H3/t11-/m0/s1. The SMILES string of the molecule is C[C@H](N)c1ccc(OCc2ccnc(C#N)c2)cc1. The molecule has 0 saturated heterocycles. The van der Waals surface area contributed by atoms with Crippen LogP contribution in [0.2, 0.25) is 0 Å². The van der Waals surface area contributed by atoms with Crippen LogP contribution < -0.4 is 10.5 Å². The summed E-state index contributed by atoms with van der Waals surface area (Å²) in [6.07, 6.45) is 1.61. The van der Waals surface area contributed by atoms with Crippen molar-refractivity contribution in [2.45, 2.75) is 19.6 Å². The molecular formula is C15H15N3O. The van der Waals surface area contributed by atoms with Crippen molar-refractivity contribution >= 4 is 0 Å². The van der Waals surface area contributed by atoms with Gasteiger partial charge in [0.25, 0.3) is 0 Å². The molecule has 19 heavy (non-hydrogen) atoms. The van der Waals surface area contributed by atoms with Gasteiger partial charge in [-0.25, -0.2) is 4.98 Å². The Balaban J connectivity index is 2.00. The third-order valence-corrected chi connectivity index (χ3v) is 2.75. The van der Waals surface area contributed by atoms with E-state index in [1.807, 2.05) is 43.3 Å². The van der Waals surface area contributed by atoms with Crippen molar-refractivity contribution in [3.05, 3.63) is 59.4 Å². The molecule has 2 aromatic rings. The number of hydrogen-bond acceptors (Lipinski definition) is 4. The van der Waals surface area contributed by atoms with Crippen molar-refractivity contribution in [2.24, 2.45) is 5.73 Å². The molecule has 0 unspecified atom stereocenters. The normalized spacial score (nSPS) is 11.6. The van der Waals surface area contributed by atoms with Crippen molar-refractivity contribution in [3.8, 4) is 11.8 Å². The van der Waals surface area contributed by atoms with Gasteiger partial charge in [-0.05, 0) is 42.3 Å². The number of nitrogens with two attached hydrogens (primary N) is 1. The highest BCUT2D eigenvalue weighted by molar-refractivity contribution is 5.30. The van der Waals surface area contributed by atoms with Crippen LogP contribution in [-0.2, 0) is 6.61 Å². The third kappa shape index (κ3) is 3.54. The minimum absolute atomic E-state index is 0.0208. The zero-order chi connectivity index (χ0) is 13.7. The van der Waals surface area contributed by atoms with Crippen molar-refractivity contribution in [2.75, 3.05) is 0 Å². The second-order valence-corrected chi connectivity index (χ2v) is 4.31. The molecule has 0 bridgehead atoms. The van der Waals surface area contributed by atoms with E-state index < -0.39 is 0 Å². The van der Waals surface area contributed by atoms with E-state index in [0.717, 1.165) is 16.9 Å². The fourth-order valence-electron chi connectivity index (χ4n) is 1.66. The first-order valence-electron chi connectivity index (χ1n) is 6.02. The molecular weight excluding hydrogens is 238 g/mol. The van der Waals surface area contributed by atoms with E-state index in [4.69, 9.17) is 15.7 Å². The molecule has 0 radical (unpaired) electrons. The molecule has 96 valence electrons. The summed E-state index contributed by atoms with van der Waals surface area (Å²) in [5.74, 6) is 0.778. The largest absolute Gasteiger partial charge is 0.489 e. The number of nitriles is 1. The highest BCUT2D eigenvalue weighted by Gasteiger charge is 2.01. The van der Waals surface area contributed by atoms with Crippen LogP contribution in [0.1, 0.15) is 29.8 Å². The van der Waals surface area contributed by atoms with Crippen molar-refractivity contribution in [1.29, 1.82) is 5.26 Å². The number of aromatic nitrogens is 1. The average molecular weight is 253 g/mol. The van der Waals surface area contributed by atoms with E-state index >= 15 is 0 Å². The first-order chi connectivity index (χ1) is 9.19. The molecule has 0 saturated carbocycles. The molecule has 1 heterocycles. The molecule has 1 aromatic carbocycles. The van der Waals surface area contributed by atoms with Gasteiger partial charge in [-0.15, -0.1) is 0 Å². The highest BCUT2D eigenvalue weighted by atomic mass is 16.5. The average Bonchev–Trinajstić information content (AvgIpc) is 2.46. The first-order valence-corrected chi connectivity index (χ1v) is 6.02. The highest BCUT2D eigenvalue weighted by Crippen LogP contribution is 2.17. The Labute approximate surface area is 112 Å². The van der Waals surface area contributed by atoms with Crippen molar-refractivity contribution in [3.63, 3.8) is 0 Å². The fraction of sp³-hybridized carbons (Fsp3) is 0.200. The van der Waals surface area contributed by atoms with E-state index in [1.54, 1.807) is 12.3 Å². The smallest absolute Gasteiger partial charge is 0.140 e. The van der Waals surface area contributed by atoms with Crippen LogP contribution in [0.25, 0.3) is 0 Å². The monoisotopic (exact) mass is 253 g/mol. The van der Waals surface area contributed by atoms with Gasteiger partial charge in [0.2, 0.25) is 0 Å². The third-order valence-electron chi connectivity index (χ3n) is 2.75. The van der Waals surface area contributed by atoms with Crippen LogP contribution in [0.4, 0.5) is 0 Å². The van der Waals surface area contributed by atoms with Crippen LogP contribution in [0.15, 0.2) is 42.6 Å². The Kier molecular flexibility index (Phi) is 4.11. The number of benzene rings is 1. The maximum Gasteiger partial charge on any atom is 0.140 e. The molecule has 0 amide bonds.